The van der Waals surface area contributed by atoms with Crippen molar-refractivity contribution in [3.63, 3.8) is 0 Å². The smallest absolute Gasteiger partial charge is 0.140 e. The molecular weight excluding hydrogens is 353 g/mol. The van der Waals surface area contributed by atoms with E-state index in [2.05, 4.69) is 9.97 Å². The minimum Gasteiger partial charge on any atom is -0.337 e. The molecule has 0 spiro atoms. The molecule has 0 unspecified atom stereocenters. The summed E-state index contributed by atoms with van der Waals surface area (Å²) in [5, 5.41) is 1.15. The fourth-order valence-corrected chi connectivity index (χ4v) is 3.25. The first-order valence-electron chi connectivity index (χ1n) is 7.73. The molecule has 2 aromatic heterocycles. The molecule has 5 heteroatoms. The zero-order valence-corrected chi connectivity index (χ0v) is 14.6. The van der Waals surface area contributed by atoms with E-state index in [9.17, 15) is 0 Å². The van der Waals surface area contributed by atoms with E-state index in [1.54, 1.807) is 18.5 Å². The Morgan fingerprint density at radius 1 is 0.760 bits per heavy atom. The number of aromatic amines is 1. The van der Waals surface area contributed by atoms with E-state index >= 15 is 0 Å². The normalized spacial score (nSPS) is 10.8. The first-order chi connectivity index (χ1) is 12.2. The van der Waals surface area contributed by atoms with Crippen LogP contribution in [0.5, 0.6) is 0 Å². The average molecular weight is 366 g/mol. The first kappa shape index (κ1) is 15.9. The Kier molecular flexibility index (Phi) is 4.26. The molecule has 122 valence electrons. The quantitative estimate of drug-likeness (QED) is 0.475. The minimum atomic E-state index is 0.576. The second-order valence-corrected chi connectivity index (χ2v) is 6.45. The second-order valence-electron chi connectivity index (χ2n) is 5.57. The number of imidazole rings is 1. The SMILES string of the molecule is Clc1cc(Cl)cc(-c2nc(-c3cccnc3)[nH]c2-c2ccccc2)c1. The monoisotopic (exact) mass is 365 g/mol. The van der Waals surface area contributed by atoms with E-state index in [0.29, 0.717) is 10.0 Å². The molecule has 0 radical (unpaired) electrons. The van der Waals surface area contributed by atoms with E-state index in [4.69, 9.17) is 28.2 Å². The highest BCUT2D eigenvalue weighted by Crippen LogP contribution is 2.35. The second kappa shape index (κ2) is 6.71. The van der Waals surface area contributed by atoms with E-state index in [1.165, 1.54) is 0 Å². The number of hydrogen-bond acceptors (Lipinski definition) is 2. The van der Waals surface area contributed by atoms with Gasteiger partial charge >= 0.3 is 0 Å². The van der Waals surface area contributed by atoms with Crippen molar-refractivity contribution in [2.75, 3.05) is 0 Å². The van der Waals surface area contributed by atoms with Gasteiger partial charge in [0, 0.05) is 39.1 Å². The lowest BCUT2D eigenvalue weighted by Crippen LogP contribution is -1.84. The Bertz CT molecular complexity index is 992. The van der Waals surface area contributed by atoms with Gasteiger partial charge < -0.3 is 4.98 Å². The van der Waals surface area contributed by atoms with Crippen molar-refractivity contribution >= 4 is 23.2 Å². The van der Waals surface area contributed by atoms with Gasteiger partial charge in [0.05, 0.1) is 11.4 Å². The number of pyridine rings is 1. The average Bonchev–Trinajstić information content (AvgIpc) is 3.08. The summed E-state index contributed by atoms with van der Waals surface area (Å²) in [7, 11) is 0. The number of H-pyrrole nitrogens is 1. The van der Waals surface area contributed by atoms with Crippen molar-refractivity contribution in [3.8, 4) is 33.9 Å². The summed E-state index contributed by atoms with van der Waals surface area (Å²) >= 11 is 12.4. The molecule has 0 aliphatic heterocycles. The molecule has 0 aliphatic rings. The van der Waals surface area contributed by atoms with Gasteiger partial charge in [-0.15, -0.1) is 0 Å². The lowest BCUT2D eigenvalue weighted by molar-refractivity contribution is 1.26. The standard InChI is InChI=1S/C20H13Cl2N3/c21-16-9-15(10-17(22)11-16)19-18(13-5-2-1-3-6-13)24-20(25-19)14-7-4-8-23-12-14/h1-12H,(H,24,25). The topological polar surface area (TPSA) is 41.6 Å². The van der Waals surface area contributed by atoms with Gasteiger partial charge in [-0.2, -0.15) is 0 Å². The van der Waals surface area contributed by atoms with Crippen molar-refractivity contribution in [2.24, 2.45) is 0 Å². The summed E-state index contributed by atoms with van der Waals surface area (Å²) in [6.07, 6.45) is 3.52. The highest BCUT2D eigenvalue weighted by Gasteiger charge is 2.16. The zero-order valence-electron chi connectivity index (χ0n) is 13.1. The molecule has 2 aromatic carbocycles. The molecule has 0 atom stereocenters. The van der Waals surface area contributed by atoms with Gasteiger partial charge in [0.1, 0.15) is 5.82 Å². The van der Waals surface area contributed by atoms with Crippen LogP contribution in [0.3, 0.4) is 0 Å². The van der Waals surface area contributed by atoms with Crippen LogP contribution in [0.15, 0.2) is 73.1 Å². The zero-order chi connectivity index (χ0) is 17.2. The van der Waals surface area contributed by atoms with Crippen molar-refractivity contribution in [1.82, 2.24) is 15.0 Å². The van der Waals surface area contributed by atoms with Gasteiger partial charge in [0.15, 0.2) is 0 Å². The van der Waals surface area contributed by atoms with Crippen LogP contribution in [0.2, 0.25) is 10.0 Å². The Labute approximate surface area is 155 Å². The third kappa shape index (κ3) is 3.29. The van der Waals surface area contributed by atoms with Gasteiger partial charge in [-0.3, -0.25) is 4.98 Å². The maximum atomic E-state index is 6.19. The van der Waals surface area contributed by atoms with Gasteiger partial charge in [0.2, 0.25) is 0 Å². The van der Waals surface area contributed by atoms with Gasteiger partial charge in [-0.25, -0.2) is 4.98 Å². The molecule has 0 saturated carbocycles. The number of benzene rings is 2. The molecule has 4 rings (SSSR count). The summed E-state index contributed by atoms with van der Waals surface area (Å²) in [5.74, 6) is 0.748. The van der Waals surface area contributed by atoms with Gasteiger partial charge in [-0.1, -0.05) is 53.5 Å². The summed E-state index contributed by atoms with van der Waals surface area (Å²) in [6, 6.07) is 19.3. The van der Waals surface area contributed by atoms with Crippen LogP contribution in [0.25, 0.3) is 33.9 Å². The number of hydrogen-bond donors (Lipinski definition) is 1. The van der Waals surface area contributed by atoms with Crippen molar-refractivity contribution in [3.05, 3.63) is 83.1 Å². The Hall–Kier alpha value is -2.62. The molecule has 0 fully saturated rings. The molecule has 0 amide bonds. The minimum absolute atomic E-state index is 0.576. The Morgan fingerprint density at radius 2 is 1.48 bits per heavy atom. The summed E-state index contributed by atoms with van der Waals surface area (Å²) < 4.78 is 0. The highest BCUT2D eigenvalue weighted by molar-refractivity contribution is 6.35. The van der Waals surface area contributed by atoms with E-state index in [-0.39, 0.29) is 0 Å². The fourth-order valence-electron chi connectivity index (χ4n) is 2.73. The lowest BCUT2D eigenvalue weighted by Gasteiger charge is -2.04. The van der Waals surface area contributed by atoms with E-state index in [1.807, 2.05) is 54.6 Å². The molecule has 4 aromatic rings. The maximum Gasteiger partial charge on any atom is 0.140 e. The highest BCUT2D eigenvalue weighted by atomic mass is 35.5. The third-order valence-electron chi connectivity index (χ3n) is 3.84. The summed E-state index contributed by atoms with van der Waals surface area (Å²) in [5.41, 5.74) is 4.53. The van der Waals surface area contributed by atoms with Crippen LogP contribution in [0, 0.1) is 0 Å². The number of aromatic nitrogens is 3. The van der Waals surface area contributed by atoms with Crippen molar-refractivity contribution in [1.29, 1.82) is 0 Å². The van der Waals surface area contributed by atoms with Crippen LogP contribution < -0.4 is 0 Å². The fraction of sp³-hybridized carbons (Fsp3) is 0. The van der Waals surface area contributed by atoms with Crippen LogP contribution in [0.1, 0.15) is 0 Å². The number of nitrogens with zero attached hydrogens (tertiary/aromatic N) is 2. The molecule has 0 aliphatic carbocycles. The van der Waals surface area contributed by atoms with Crippen LogP contribution in [-0.4, -0.2) is 15.0 Å². The van der Waals surface area contributed by atoms with Crippen LogP contribution in [0.4, 0.5) is 0 Å². The Morgan fingerprint density at radius 3 is 2.16 bits per heavy atom. The van der Waals surface area contributed by atoms with E-state index in [0.717, 1.165) is 33.9 Å². The molecule has 1 N–H and O–H groups in total. The van der Waals surface area contributed by atoms with Crippen LogP contribution in [-0.2, 0) is 0 Å². The molecular formula is C20H13Cl2N3. The predicted molar refractivity (Wildman–Crippen MR) is 103 cm³/mol. The molecule has 2 heterocycles. The first-order valence-corrected chi connectivity index (χ1v) is 8.48. The molecule has 0 bridgehead atoms. The van der Waals surface area contributed by atoms with Gasteiger partial charge in [-0.05, 0) is 30.3 Å². The lowest BCUT2D eigenvalue weighted by atomic mass is 10.1. The Balaban J connectivity index is 1.94. The summed E-state index contributed by atoms with van der Waals surface area (Å²) in [6.45, 7) is 0. The van der Waals surface area contributed by atoms with E-state index < -0.39 is 0 Å². The van der Waals surface area contributed by atoms with Crippen molar-refractivity contribution < 1.29 is 0 Å². The molecule has 3 nitrogen and oxygen atoms in total. The molecule has 25 heavy (non-hydrogen) atoms. The van der Waals surface area contributed by atoms with Crippen LogP contribution >= 0.6 is 23.2 Å². The maximum absolute atomic E-state index is 6.19. The largest absolute Gasteiger partial charge is 0.337 e. The number of nitrogens with one attached hydrogen (secondary N) is 1. The third-order valence-corrected chi connectivity index (χ3v) is 4.27. The van der Waals surface area contributed by atoms with Gasteiger partial charge in [0.25, 0.3) is 0 Å². The summed E-state index contributed by atoms with van der Waals surface area (Å²) in [4.78, 5) is 12.4. The number of halogens is 2. The number of rotatable bonds is 3. The van der Waals surface area contributed by atoms with Crippen molar-refractivity contribution in [2.45, 2.75) is 0 Å². The predicted octanol–water partition coefficient (Wildman–Crippen LogP) is 6.11. The molecule has 0 saturated heterocycles.